The third kappa shape index (κ3) is 2.71. The molecule has 0 saturated carbocycles. The lowest BCUT2D eigenvalue weighted by Gasteiger charge is -2.10. The SMILES string of the molecule is CC(CO)CNc1nc[nH]c(=O)c1Cl. The molecule has 1 atom stereocenters. The maximum atomic E-state index is 11.0. The van der Waals surface area contributed by atoms with Crippen molar-refractivity contribution in [2.75, 3.05) is 18.5 Å². The van der Waals surface area contributed by atoms with E-state index in [2.05, 4.69) is 15.3 Å². The van der Waals surface area contributed by atoms with Gasteiger partial charge in [-0.3, -0.25) is 4.79 Å². The maximum Gasteiger partial charge on any atom is 0.271 e. The number of anilines is 1. The van der Waals surface area contributed by atoms with Crippen molar-refractivity contribution < 1.29 is 5.11 Å². The van der Waals surface area contributed by atoms with Crippen molar-refractivity contribution in [3.8, 4) is 0 Å². The lowest BCUT2D eigenvalue weighted by Crippen LogP contribution is -2.18. The third-order valence-electron chi connectivity index (χ3n) is 1.73. The Morgan fingerprint density at radius 3 is 3.14 bits per heavy atom. The normalized spacial score (nSPS) is 12.5. The Bertz CT molecular complexity index is 353. The van der Waals surface area contributed by atoms with Crippen LogP contribution < -0.4 is 10.9 Å². The number of halogens is 1. The monoisotopic (exact) mass is 217 g/mol. The van der Waals surface area contributed by atoms with Gasteiger partial charge in [0.25, 0.3) is 5.56 Å². The van der Waals surface area contributed by atoms with Crippen LogP contribution in [0.5, 0.6) is 0 Å². The summed E-state index contributed by atoms with van der Waals surface area (Å²) in [5.74, 6) is 0.433. The molecule has 78 valence electrons. The molecular weight excluding hydrogens is 206 g/mol. The lowest BCUT2D eigenvalue weighted by molar-refractivity contribution is 0.244. The summed E-state index contributed by atoms with van der Waals surface area (Å²) in [6, 6.07) is 0. The molecule has 0 radical (unpaired) electrons. The molecule has 0 spiro atoms. The fourth-order valence-electron chi connectivity index (χ4n) is 0.842. The molecule has 3 N–H and O–H groups in total. The summed E-state index contributed by atoms with van der Waals surface area (Å²) in [5, 5.41) is 11.7. The van der Waals surface area contributed by atoms with Gasteiger partial charge in [0.15, 0.2) is 5.82 Å². The molecule has 0 saturated heterocycles. The number of hydrogen-bond donors (Lipinski definition) is 3. The van der Waals surface area contributed by atoms with E-state index in [0.29, 0.717) is 12.4 Å². The number of H-pyrrole nitrogens is 1. The summed E-state index contributed by atoms with van der Waals surface area (Å²) >= 11 is 5.69. The number of aliphatic hydroxyl groups is 1. The molecule has 0 aliphatic rings. The van der Waals surface area contributed by atoms with Gasteiger partial charge in [-0.1, -0.05) is 18.5 Å². The molecule has 0 amide bonds. The lowest BCUT2D eigenvalue weighted by atomic mass is 10.2. The van der Waals surface area contributed by atoms with Crippen LogP contribution in [0.25, 0.3) is 0 Å². The molecule has 0 bridgehead atoms. The van der Waals surface area contributed by atoms with Gasteiger partial charge in [0.05, 0.1) is 6.33 Å². The summed E-state index contributed by atoms with van der Waals surface area (Å²) in [7, 11) is 0. The van der Waals surface area contributed by atoms with Gasteiger partial charge in [0.2, 0.25) is 0 Å². The van der Waals surface area contributed by atoms with Crippen LogP contribution in [0.1, 0.15) is 6.92 Å². The van der Waals surface area contributed by atoms with Crippen molar-refractivity contribution in [3.05, 3.63) is 21.7 Å². The Kier molecular flexibility index (Phi) is 3.91. The van der Waals surface area contributed by atoms with E-state index in [0.717, 1.165) is 0 Å². The predicted molar refractivity (Wildman–Crippen MR) is 54.6 cm³/mol. The number of rotatable bonds is 4. The molecule has 6 heteroatoms. The van der Waals surface area contributed by atoms with Crippen molar-refractivity contribution >= 4 is 17.4 Å². The summed E-state index contributed by atoms with van der Waals surface area (Å²) in [6.07, 6.45) is 1.28. The van der Waals surface area contributed by atoms with Crippen LogP contribution in [0.15, 0.2) is 11.1 Å². The average molecular weight is 218 g/mol. The average Bonchev–Trinajstić information content (AvgIpc) is 2.20. The first kappa shape index (κ1) is 11.0. The molecule has 1 rings (SSSR count). The van der Waals surface area contributed by atoms with Crippen molar-refractivity contribution in [3.63, 3.8) is 0 Å². The van der Waals surface area contributed by atoms with Gasteiger partial charge in [0, 0.05) is 13.2 Å². The molecule has 0 aromatic carbocycles. The standard InChI is InChI=1S/C8H12ClN3O2/c1-5(3-13)2-10-7-6(9)8(14)12-4-11-7/h4-5,13H,2-3H2,1H3,(H2,10,11,12,14). The molecule has 1 aromatic heterocycles. The van der Waals surface area contributed by atoms with Gasteiger partial charge in [-0.15, -0.1) is 0 Å². The predicted octanol–water partition coefficient (Wildman–Crippen LogP) is 0.464. The Morgan fingerprint density at radius 2 is 2.50 bits per heavy atom. The number of nitrogens with zero attached hydrogens (tertiary/aromatic N) is 1. The second-order valence-electron chi connectivity index (χ2n) is 3.06. The minimum Gasteiger partial charge on any atom is -0.396 e. The zero-order valence-corrected chi connectivity index (χ0v) is 8.51. The zero-order chi connectivity index (χ0) is 10.6. The molecule has 1 unspecified atom stereocenters. The Hall–Kier alpha value is -1.07. The first-order valence-corrected chi connectivity index (χ1v) is 4.61. The van der Waals surface area contributed by atoms with Gasteiger partial charge in [-0.05, 0) is 5.92 Å². The minimum atomic E-state index is -0.374. The first-order valence-electron chi connectivity index (χ1n) is 4.23. The van der Waals surface area contributed by atoms with Crippen LogP contribution in [0, 0.1) is 5.92 Å². The summed E-state index contributed by atoms with van der Waals surface area (Å²) in [4.78, 5) is 17.3. The van der Waals surface area contributed by atoms with Crippen LogP contribution in [0.2, 0.25) is 5.02 Å². The molecule has 1 heterocycles. The van der Waals surface area contributed by atoms with Crippen molar-refractivity contribution in [2.24, 2.45) is 5.92 Å². The van der Waals surface area contributed by atoms with Crippen LogP contribution in [-0.2, 0) is 0 Å². The second-order valence-corrected chi connectivity index (χ2v) is 3.44. The van der Waals surface area contributed by atoms with Crippen LogP contribution in [0.3, 0.4) is 0 Å². The highest BCUT2D eigenvalue weighted by molar-refractivity contribution is 6.32. The molecular formula is C8H12ClN3O2. The Balaban J connectivity index is 2.68. The molecule has 1 aromatic rings. The number of nitrogens with one attached hydrogen (secondary N) is 2. The highest BCUT2D eigenvalue weighted by Crippen LogP contribution is 2.12. The van der Waals surface area contributed by atoms with E-state index < -0.39 is 0 Å². The fourth-order valence-corrected chi connectivity index (χ4v) is 1.01. The van der Waals surface area contributed by atoms with E-state index in [-0.39, 0.29) is 23.1 Å². The van der Waals surface area contributed by atoms with Crippen molar-refractivity contribution in [1.82, 2.24) is 9.97 Å². The molecule has 0 aliphatic heterocycles. The largest absolute Gasteiger partial charge is 0.396 e. The smallest absolute Gasteiger partial charge is 0.271 e. The van der Waals surface area contributed by atoms with E-state index in [1.54, 1.807) is 0 Å². The van der Waals surface area contributed by atoms with Crippen LogP contribution >= 0.6 is 11.6 Å². The highest BCUT2D eigenvalue weighted by Gasteiger charge is 2.06. The summed E-state index contributed by atoms with van der Waals surface area (Å²) in [5.41, 5.74) is -0.374. The van der Waals surface area contributed by atoms with E-state index in [1.807, 2.05) is 6.92 Å². The van der Waals surface area contributed by atoms with Gasteiger partial charge in [-0.2, -0.15) is 0 Å². The highest BCUT2D eigenvalue weighted by atomic mass is 35.5. The maximum absolute atomic E-state index is 11.0. The van der Waals surface area contributed by atoms with Crippen LogP contribution in [0.4, 0.5) is 5.82 Å². The fraction of sp³-hybridized carbons (Fsp3) is 0.500. The van der Waals surface area contributed by atoms with Gasteiger partial charge >= 0.3 is 0 Å². The Labute approximate surface area is 86.1 Å². The Morgan fingerprint density at radius 1 is 1.79 bits per heavy atom. The van der Waals surface area contributed by atoms with Gasteiger partial charge in [0.1, 0.15) is 5.02 Å². The summed E-state index contributed by atoms with van der Waals surface area (Å²) < 4.78 is 0. The number of aromatic amines is 1. The van der Waals surface area contributed by atoms with Crippen molar-refractivity contribution in [2.45, 2.75) is 6.92 Å². The van der Waals surface area contributed by atoms with E-state index in [9.17, 15) is 4.79 Å². The third-order valence-corrected chi connectivity index (χ3v) is 2.08. The van der Waals surface area contributed by atoms with E-state index in [4.69, 9.17) is 16.7 Å². The zero-order valence-electron chi connectivity index (χ0n) is 7.75. The second kappa shape index (κ2) is 4.97. The number of hydrogen-bond acceptors (Lipinski definition) is 4. The molecule has 0 fully saturated rings. The van der Waals surface area contributed by atoms with Crippen molar-refractivity contribution in [1.29, 1.82) is 0 Å². The molecule has 14 heavy (non-hydrogen) atoms. The van der Waals surface area contributed by atoms with E-state index >= 15 is 0 Å². The number of aromatic nitrogens is 2. The first-order chi connectivity index (χ1) is 6.65. The molecule has 0 aliphatic carbocycles. The van der Waals surface area contributed by atoms with Gasteiger partial charge < -0.3 is 15.4 Å². The minimum absolute atomic E-state index is 0.0395. The topological polar surface area (TPSA) is 78.0 Å². The van der Waals surface area contributed by atoms with E-state index in [1.165, 1.54) is 6.33 Å². The summed E-state index contributed by atoms with van der Waals surface area (Å²) in [6.45, 7) is 2.47. The number of aliphatic hydroxyl groups excluding tert-OH is 1. The quantitative estimate of drug-likeness (QED) is 0.685. The van der Waals surface area contributed by atoms with Gasteiger partial charge in [-0.25, -0.2) is 4.98 Å². The van der Waals surface area contributed by atoms with Crippen LogP contribution in [-0.4, -0.2) is 28.2 Å². The molecule has 5 nitrogen and oxygen atoms in total.